The lowest BCUT2D eigenvalue weighted by Crippen LogP contribution is -2.73. The molecule has 0 saturated heterocycles. The molecule has 0 aliphatic carbocycles. The quantitative estimate of drug-likeness (QED) is 0.524. The van der Waals surface area contributed by atoms with Crippen LogP contribution < -0.4 is 20.8 Å². The molecule has 0 saturated carbocycles. The van der Waals surface area contributed by atoms with Crippen LogP contribution in [0.3, 0.4) is 0 Å². The van der Waals surface area contributed by atoms with E-state index < -0.39 is 0 Å². The van der Waals surface area contributed by atoms with E-state index in [1.807, 2.05) is 32.0 Å². The molecule has 0 amide bonds. The highest BCUT2D eigenvalue weighted by Crippen LogP contribution is 2.22. The van der Waals surface area contributed by atoms with Gasteiger partial charge in [0.2, 0.25) is 0 Å². The van der Waals surface area contributed by atoms with Crippen molar-refractivity contribution in [2.24, 2.45) is 5.73 Å². The van der Waals surface area contributed by atoms with Gasteiger partial charge >= 0.3 is 5.96 Å². The first-order valence-corrected chi connectivity index (χ1v) is 6.12. The SMILES string of the molecule is CCOc1ccc2nc(NC(N)=[NH+]C)nc(C)c2c1. The van der Waals surface area contributed by atoms with Gasteiger partial charge in [0, 0.05) is 5.39 Å². The summed E-state index contributed by atoms with van der Waals surface area (Å²) in [7, 11) is 1.73. The van der Waals surface area contributed by atoms with Crippen LogP contribution in [0.2, 0.25) is 0 Å². The number of nitrogens with one attached hydrogen (secondary N) is 2. The third-order valence-corrected chi connectivity index (χ3v) is 2.68. The van der Waals surface area contributed by atoms with E-state index >= 15 is 0 Å². The Morgan fingerprint density at radius 2 is 2.21 bits per heavy atom. The molecule has 0 bridgehead atoms. The van der Waals surface area contributed by atoms with Crippen molar-refractivity contribution < 1.29 is 9.73 Å². The lowest BCUT2D eigenvalue weighted by atomic mass is 10.2. The largest absolute Gasteiger partial charge is 0.494 e. The van der Waals surface area contributed by atoms with Crippen molar-refractivity contribution in [2.45, 2.75) is 13.8 Å². The molecule has 0 radical (unpaired) electrons. The fourth-order valence-corrected chi connectivity index (χ4v) is 1.76. The van der Waals surface area contributed by atoms with Crippen LogP contribution in [-0.4, -0.2) is 29.6 Å². The number of nitrogens with zero attached hydrogens (tertiary/aromatic N) is 2. The van der Waals surface area contributed by atoms with Crippen molar-refractivity contribution in [2.75, 3.05) is 19.0 Å². The van der Waals surface area contributed by atoms with Crippen LogP contribution in [0.1, 0.15) is 12.6 Å². The van der Waals surface area contributed by atoms with Gasteiger partial charge in [0.05, 0.1) is 24.9 Å². The normalized spacial score (nSPS) is 11.6. The Morgan fingerprint density at radius 1 is 1.42 bits per heavy atom. The number of guanidine groups is 1. The number of fused-ring (bicyclic) bond motifs is 1. The zero-order valence-corrected chi connectivity index (χ0v) is 11.3. The zero-order valence-electron chi connectivity index (χ0n) is 11.3. The van der Waals surface area contributed by atoms with Crippen LogP contribution in [0.15, 0.2) is 18.2 Å². The summed E-state index contributed by atoms with van der Waals surface area (Å²) >= 11 is 0. The molecule has 1 aromatic carbocycles. The number of hydrogen-bond acceptors (Lipinski definition) is 3. The Morgan fingerprint density at radius 3 is 2.89 bits per heavy atom. The third kappa shape index (κ3) is 2.90. The Balaban J connectivity index is 2.44. The van der Waals surface area contributed by atoms with Gasteiger partial charge in [-0.05, 0) is 32.0 Å². The van der Waals surface area contributed by atoms with E-state index in [0.29, 0.717) is 18.5 Å². The van der Waals surface area contributed by atoms with Gasteiger partial charge in [0.15, 0.2) is 0 Å². The van der Waals surface area contributed by atoms with Crippen LogP contribution in [0, 0.1) is 6.92 Å². The van der Waals surface area contributed by atoms with Crippen molar-refractivity contribution in [1.29, 1.82) is 0 Å². The molecule has 0 aliphatic heterocycles. The molecule has 1 aromatic heterocycles. The number of aromatic nitrogens is 2. The van der Waals surface area contributed by atoms with Gasteiger partial charge in [-0.1, -0.05) is 0 Å². The second-order valence-electron chi connectivity index (χ2n) is 4.03. The van der Waals surface area contributed by atoms with Crippen LogP contribution in [0.4, 0.5) is 5.95 Å². The molecule has 6 nitrogen and oxygen atoms in total. The maximum absolute atomic E-state index is 5.66. The lowest BCUT2D eigenvalue weighted by molar-refractivity contribution is -0.420. The standard InChI is InChI=1S/C13H17N5O/c1-4-19-9-5-6-11-10(7-9)8(2)16-13(17-11)18-12(14)15-3/h5-7H,4H2,1-3H3,(H3,14,15,16,17,18)/p+1. The van der Waals surface area contributed by atoms with E-state index in [2.05, 4.69) is 20.3 Å². The van der Waals surface area contributed by atoms with Crippen LogP contribution >= 0.6 is 0 Å². The zero-order chi connectivity index (χ0) is 13.8. The topological polar surface area (TPSA) is 87.0 Å². The smallest absolute Gasteiger partial charge is 0.348 e. The Bertz CT molecular complexity index is 624. The Labute approximate surface area is 111 Å². The minimum Gasteiger partial charge on any atom is -0.494 e. The van der Waals surface area contributed by atoms with Gasteiger partial charge < -0.3 is 4.74 Å². The fraction of sp³-hybridized carbons (Fsp3) is 0.308. The first kappa shape index (κ1) is 13.1. The summed E-state index contributed by atoms with van der Waals surface area (Å²) in [4.78, 5) is 11.6. The molecular formula is C13H18N5O+. The summed E-state index contributed by atoms with van der Waals surface area (Å²) in [5.41, 5.74) is 7.38. The van der Waals surface area contributed by atoms with Crippen molar-refractivity contribution in [3.63, 3.8) is 0 Å². The molecule has 6 heteroatoms. The molecular weight excluding hydrogens is 242 g/mol. The van der Waals surface area contributed by atoms with Crippen molar-refractivity contribution in [3.05, 3.63) is 23.9 Å². The molecule has 0 unspecified atom stereocenters. The van der Waals surface area contributed by atoms with Crippen LogP contribution in [0.25, 0.3) is 10.9 Å². The summed E-state index contributed by atoms with van der Waals surface area (Å²) in [6, 6.07) is 5.76. The predicted octanol–water partition coefficient (Wildman–Crippen LogP) is -0.226. The molecule has 0 fully saturated rings. The minimum atomic E-state index is 0.407. The van der Waals surface area contributed by atoms with Gasteiger partial charge in [-0.15, -0.1) is 0 Å². The number of aryl methyl sites for hydroxylation is 1. The first-order valence-electron chi connectivity index (χ1n) is 6.12. The minimum absolute atomic E-state index is 0.407. The van der Waals surface area contributed by atoms with E-state index in [1.54, 1.807) is 7.05 Å². The van der Waals surface area contributed by atoms with Gasteiger partial charge in [-0.25, -0.2) is 10.3 Å². The first-order chi connectivity index (χ1) is 9.13. The highest BCUT2D eigenvalue weighted by molar-refractivity contribution is 5.88. The molecule has 1 heterocycles. The molecule has 2 rings (SSSR count). The Hall–Kier alpha value is -2.37. The maximum Gasteiger partial charge on any atom is 0.348 e. The summed E-state index contributed by atoms with van der Waals surface area (Å²) in [6.07, 6.45) is 0. The number of anilines is 1. The van der Waals surface area contributed by atoms with Gasteiger partial charge in [0.1, 0.15) is 5.75 Å². The maximum atomic E-state index is 5.66. The van der Waals surface area contributed by atoms with E-state index in [-0.39, 0.29) is 0 Å². The second kappa shape index (κ2) is 5.51. The highest BCUT2D eigenvalue weighted by Gasteiger charge is 2.09. The molecule has 0 aliphatic rings. The summed E-state index contributed by atoms with van der Waals surface area (Å²) < 4.78 is 5.48. The van der Waals surface area contributed by atoms with Crippen molar-refractivity contribution in [3.8, 4) is 5.75 Å². The highest BCUT2D eigenvalue weighted by atomic mass is 16.5. The predicted molar refractivity (Wildman–Crippen MR) is 75.1 cm³/mol. The van der Waals surface area contributed by atoms with Crippen LogP contribution in [0.5, 0.6) is 5.75 Å². The summed E-state index contributed by atoms with van der Waals surface area (Å²) in [5, 5.41) is 3.87. The number of benzene rings is 1. The molecule has 0 atom stereocenters. The van der Waals surface area contributed by atoms with Crippen molar-refractivity contribution >= 4 is 22.8 Å². The number of hydrogen-bond donors (Lipinski definition) is 3. The monoisotopic (exact) mass is 260 g/mol. The summed E-state index contributed by atoms with van der Waals surface area (Å²) in [5.74, 6) is 1.70. The molecule has 19 heavy (non-hydrogen) atoms. The molecule has 0 spiro atoms. The van der Waals surface area contributed by atoms with E-state index in [9.17, 15) is 0 Å². The van der Waals surface area contributed by atoms with Gasteiger partial charge in [-0.3, -0.25) is 10.7 Å². The Kier molecular flexibility index (Phi) is 3.79. The van der Waals surface area contributed by atoms with E-state index in [0.717, 1.165) is 22.3 Å². The van der Waals surface area contributed by atoms with Crippen LogP contribution in [-0.2, 0) is 0 Å². The number of ether oxygens (including phenoxy) is 1. The van der Waals surface area contributed by atoms with E-state index in [1.165, 1.54) is 0 Å². The number of nitrogens with two attached hydrogens (primary N) is 1. The fourth-order valence-electron chi connectivity index (χ4n) is 1.76. The van der Waals surface area contributed by atoms with E-state index in [4.69, 9.17) is 10.5 Å². The molecule has 2 aromatic rings. The van der Waals surface area contributed by atoms with Gasteiger partial charge in [0.25, 0.3) is 5.95 Å². The number of rotatable bonds is 3. The average molecular weight is 260 g/mol. The molecule has 100 valence electrons. The van der Waals surface area contributed by atoms with Crippen molar-refractivity contribution in [1.82, 2.24) is 9.97 Å². The second-order valence-corrected chi connectivity index (χ2v) is 4.03. The lowest BCUT2D eigenvalue weighted by Gasteiger charge is -2.07. The average Bonchev–Trinajstić information content (AvgIpc) is 2.40. The summed E-state index contributed by atoms with van der Waals surface area (Å²) in [6.45, 7) is 4.52. The third-order valence-electron chi connectivity index (χ3n) is 2.68. The molecule has 4 N–H and O–H groups in total. The van der Waals surface area contributed by atoms with Gasteiger partial charge in [-0.2, -0.15) is 4.98 Å².